The van der Waals surface area contributed by atoms with E-state index in [2.05, 4.69) is 10.3 Å². The quantitative estimate of drug-likeness (QED) is 0.322. The van der Waals surface area contributed by atoms with Gasteiger partial charge in [-0.05, 0) is 54.1 Å². The lowest BCUT2D eigenvalue weighted by molar-refractivity contribution is 0.0953. The number of methoxy groups -OCH3 is 1. The van der Waals surface area contributed by atoms with E-state index in [9.17, 15) is 13.2 Å². The Morgan fingerprint density at radius 1 is 0.972 bits per heavy atom. The van der Waals surface area contributed by atoms with Crippen molar-refractivity contribution in [1.29, 1.82) is 0 Å². The zero-order chi connectivity index (χ0) is 25.4. The first kappa shape index (κ1) is 23.3. The van der Waals surface area contributed by atoms with E-state index >= 15 is 0 Å². The molecular formula is C25H22N6O4S. The molecule has 0 saturated heterocycles. The Morgan fingerprint density at radius 3 is 2.22 bits per heavy atom. The topological polar surface area (TPSA) is 155 Å². The molecule has 1 amide bonds. The van der Waals surface area contributed by atoms with Crippen molar-refractivity contribution in [1.82, 2.24) is 19.9 Å². The van der Waals surface area contributed by atoms with E-state index < -0.39 is 15.9 Å². The second-order valence-corrected chi connectivity index (χ2v) is 9.61. The number of aromatic nitrogens is 3. The van der Waals surface area contributed by atoms with Crippen molar-refractivity contribution in [2.24, 2.45) is 5.14 Å². The summed E-state index contributed by atoms with van der Waals surface area (Å²) in [6, 6.07) is 20.4. The maximum atomic E-state index is 13.3. The lowest BCUT2D eigenvalue weighted by Gasteiger charge is -2.09. The van der Waals surface area contributed by atoms with Crippen molar-refractivity contribution in [2.45, 2.75) is 11.4 Å². The molecule has 0 saturated carbocycles. The Balaban J connectivity index is 1.61. The number of anilines is 1. The number of carbonyl (C=O) groups excluding carboxylic acids is 1. The molecule has 0 unspecified atom stereocenters. The highest BCUT2D eigenvalue weighted by atomic mass is 32.2. The third kappa shape index (κ3) is 4.21. The molecule has 36 heavy (non-hydrogen) atoms. The highest BCUT2D eigenvalue weighted by Gasteiger charge is 2.25. The highest BCUT2D eigenvalue weighted by molar-refractivity contribution is 7.89. The van der Waals surface area contributed by atoms with Crippen LogP contribution in [0, 0.1) is 0 Å². The zero-order valence-electron chi connectivity index (χ0n) is 19.2. The Morgan fingerprint density at radius 2 is 1.61 bits per heavy atom. The summed E-state index contributed by atoms with van der Waals surface area (Å²) >= 11 is 0. The molecule has 10 nitrogen and oxygen atoms in total. The van der Waals surface area contributed by atoms with Crippen LogP contribution in [0.25, 0.3) is 27.9 Å². The van der Waals surface area contributed by atoms with Gasteiger partial charge in [0.1, 0.15) is 22.6 Å². The molecule has 5 N–H and O–H groups in total. The Kier molecular flexibility index (Phi) is 5.78. The number of benzene rings is 3. The van der Waals surface area contributed by atoms with Gasteiger partial charge in [-0.1, -0.05) is 24.3 Å². The highest BCUT2D eigenvalue weighted by Crippen LogP contribution is 2.31. The molecule has 0 bridgehead atoms. The van der Waals surface area contributed by atoms with E-state index in [1.54, 1.807) is 29.9 Å². The molecule has 3 aromatic carbocycles. The smallest absolute Gasteiger partial charge is 0.257 e. The third-order valence-corrected chi connectivity index (χ3v) is 6.69. The van der Waals surface area contributed by atoms with Crippen molar-refractivity contribution >= 4 is 43.9 Å². The van der Waals surface area contributed by atoms with Crippen LogP contribution < -0.4 is 20.9 Å². The molecule has 5 aromatic rings. The van der Waals surface area contributed by atoms with Gasteiger partial charge in [-0.3, -0.25) is 9.36 Å². The maximum Gasteiger partial charge on any atom is 0.257 e. The van der Waals surface area contributed by atoms with Crippen LogP contribution in [-0.2, 0) is 16.6 Å². The number of nitrogens with one attached hydrogen (secondary N) is 1. The molecule has 0 aliphatic carbocycles. The average Bonchev–Trinajstić information content (AvgIpc) is 3.16. The predicted molar refractivity (Wildman–Crippen MR) is 136 cm³/mol. The summed E-state index contributed by atoms with van der Waals surface area (Å²) in [4.78, 5) is 22.7. The summed E-state index contributed by atoms with van der Waals surface area (Å²) < 4.78 is 30.1. The number of nitrogen functional groups attached to an aromatic ring is 1. The van der Waals surface area contributed by atoms with Crippen LogP contribution in [-0.4, -0.2) is 36.0 Å². The van der Waals surface area contributed by atoms with E-state index in [1.165, 1.54) is 12.1 Å². The van der Waals surface area contributed by atoms with Crippen LogP contribution in [0.15, 0.2) is 77.7 Å². The predicted octanol–water partition coefficient (Wildman–Crippen LogP) is 2.74. The zero-order valence-corrected chi connectivity index (χ0v) is 20.0. The minimum atomic E-state index is -3.87. The van der Waals surface area contributed by atoms with Gasteiger partial charge >= 0.3 is 0 Å². The van der Waals surface area contributed by atoms with Crippen molar-refractivity contribution in [3.63, 3.8) is 0 Å². The van der Waals surface area contributed by atoms with E-state index in [-0.39, 0.29) is 22.8 Å². The number of amides is 1. The molecule has 0 aliphatic rings. The number of fused-ring (bicyclic) bond motifs is 2. The lowest BCUT2D eigenvalue weighted by Crippen LogP contribution is -2.24. The summed E-state index contributed by atoms with van der Waals surface area (Å²) in [6.07, 6.45) is 0. The number of rotatable bonds is 6. The molecule has 0 radical (unpaired) electrons. The van der Waals surface area contributed by atoms with E-state index in [4.69, 9.17) is 20.6 Å². The number of hydrogen-bond donors (Lipinski definition) is 3. The minimum absolute atomic E-state index is 0.0460. The van der Waals surface area contributed by atoms with Gasteiger partial charge in [0.05, 0.1) is 23.0 Å². The molecule has 0 aliphatic heterocycles. The fourth-order valence-corrected chi connectivity index (χ4v) is 4.46. The molecule has 2 heterocycles. The van der Waals surface area contributed by atoms with Gasteiger partial charge in [-0.2, -0.15) is 0 Å². The molecule has 0 spiro atoms. The fraction of sp³-hybridized carbons (Fsp3) is 0.0800. The molecule has 182 valence electrons. The van der Waals surface area contributed by atoms with Crippen LogP contribution in [0.5, 0.6) is 5.75 Å². The summed E-state index contributed by atoms with van der Waals surface area (Å²) in [6.45, 7) is 0.263. The van der Waals surface area contributed by atoms with Crippen molar-refractivity contribution in [2.75, 3.05) is 12.8 Å². The van der Waals surface area contributed by atoms with Gasteiger partial charge in [0, 0.05) is 12.2 Å². The first-order valence-corrected chi connectivity index (χ1v) is 12.4. The average molecular weight is 503 g/mol. The van der Waals surface area contributed by atoms with Crippen LogP contribution in [0.1, 0.15) is 15.9 Å². The summed E-state index contributed by atoms with van der Waals surface area (Å²) in [7, 11) is -2.28. The number of nitrogens with zero attached hydrogens (tertiary/aromatic N) is 3. The van der Waals surface area contributed by atoms with Crippen LogP contribution in [0.4, 0.5) is 5.82 Å². The number of sulfonamides is 1. The number of hydrogen-bond acceptors (Lipinski definition) is 7. The Labute approximate surface area is 206 Å². The molecule has 2 aromatic heterocycles. The SMILES string of the molecule is COc1ccc(CNC(=O)c2c(N)n(-c3ccc(S(N)(=O)=O)cc3)c3nc4ccccc4nc23)cc1. The number of ether oxygens (including phenoxy) is 1. The van der Waals surface area contributed by atoms with Crippen LogP contribution in [0.3, 0.4) is 0 Å². The number of carbonyl (C=O) groups is 1. The minimum Gasteiger partial charge on any atom is -0.497 e. The van der Waals surface area contributed by atoms with Gasteiger partial charge in [-0.25, -0.2) is 23.5 Å². The first-order chi connectivity index (χ1) is 17.3. The summed E-state index contributed by atoms with van der Waals surface area (Å²) in [5.74, 6) is 0.418. The van der Waals surface area contributed by atoms with Gasteiger partial charge in [0.25, 0.3) is 5.91 Å². The van der Waals surface area contributed by atoms with Gasteiger partial charge in [0.15, 0.2) is 5.65 Å². The van der Waals surface area contributed by atoms with Crippen molar-refractivity contribution in [3.8, 4) is 11.4 Å². The fourth-order valence-electron chi connectivity index (χ4n) is 3.95. The van der Waals surface area contributed by atoms with E-state index in [0.717, 1.165) is 5.56 Å². The Hall–Kier alpha value is -4.48. The van der Waals surface area contributed by atoms with E-state index in [0.29, 0.717) is 33.6 Å². The Bertz CT molecular complexity index is 1710. The summed E-state index contributed by atoms with van der Waals surface area (Å²) in [5, 5.41) is 8.12. The van der Waals surface area contributed by atoms with Crippen molar-refractivity contribution in [3.05, 3.63) is 83.9 Å². The largest absolute Gasteiger partial charge is 0.497 e. The molecule has 0 atom stereocenters. The molecule has 5 rings (SSSR count). The lowest BCUT2D eigenvalue weighted by atomic mass is 10.2. The van der Waals surface area contributed by atoms with Crippen LogP contribution >= 0.6 is 0 Å². The molecular weight excluding hydrogens is 480 g/mol. The normalized spacial score (nSPS) is 11.6. The standard InChI is InChI=1S/C25H22N6O4S/c1-35-17-10-6-15(7-11-17)14-28-25(32)21-22-24(30-20-5-3-2-4-19(20)29-22)31(23(21)26)16-8-12-18(13-9-16)36(27,33)34/h2-13H,14,26H2,1H3,(H,28,32)(H2,27,33,34). The van der Waals surface area contributed by atoms with Crippen molar-refractivity contribution < 1.29 is 17.9 Å². The first-order valence-electron chi connectivity index (χ1n) is 10.9. The van der Waals surface area contributed by atoms with Gasteiger partial charge in [0.2, 0.25) is 10.0 Å². The van der Waals surface area contributed by atoms with Gasteiger partial charge < -0.3 is 15.8 Å². The second-order valence-electron chi connectivity index (χ2n) is 8.05. The second kappa shape index (κ2) is 8.95. The number of primary sulfonamides is 1. The third-order valence-electron chi connectivity index (χ3n) is 5.76. The summed E-state index contributed by atoms with van der Waals surface area (Å²) in [5.41, 5.74) is 9.98. The molecule has 11 heteroatoms. The molecule has 0 fully saturated rings. The number of para-hydroxylation sites is 2. The van der Waals surface area contributed by atoms with Crippen LogP contribution in [0.2, 0.25) is 0 Å². The monoisotopic (exact) mass is 502 g/mol. The maximum absolute atomic E-state index is 13.3. The number of nitrogens with two attached hydrogens (primary N) is 2. The van der Waals surface area contributed by atoms with Gasteiger partial charge in [-0.15, -0.1) is 0 Å². The van der Waals surface area contributed by atoms with E-state index in [1.807, 2.05) is 42.5 Å².